The van der Waals surface area contributed by atoms with Crippen molar-refractivity contribution in [2.75, 3.05) is 5.32 Å². The molecule has 2 nitrogen and oxygen atoms in total. The van der Waals surface area contributed by atoms with Gasteiger partial charge in [-0.3, -0.25) is 4.79 Å². The molecule has 0 radical (unpaired) electrons. The minimum atomic E-state index is 0.132. The highest BCUT2D eigenvalue weighted by atomic mass is 16.1. The van der Waals surface area contributed by atoms with Crippen LogP contribution < -0.4 is 5.32 Å². The third-order valence-electron chi connectivity index (χ3n) is 5.73. The summed E-state index contributed by atoms with van der Waals surface area (Å²) in [5.74, 6) is 1.60. The molecule has 2 heteroatoms. The first-order valence-electron chi connectivity index (χ1n) is 9.22. The summed E-state index contributed by atoms with van der Waals surface area (Å²) in [6.45, 7) is 6.10. The van der Waals surface area contributed by atoms with Gasteiger partial charge in [0.2, 0.25) is 0 Å². The maximum Gasteiger partial charge on any atom is 0.159 e. The molecule has 0 aromatic heterocycles. The molecule has 2 aliphatic rings. The molecular formula is C23H25NO. The van der Waals surface area contributed by atoms with E-state index in [1.165, 1.54) is 16.7 Å². The van der Waals surface area contributed by atoms with Crippen molar-refractivity contribution in [3.8, 4) is 0 Å². The Hall–Kier alpha value is -2.35. The fourth-order valence-corrected chi connectivity index (χ4v) is 4.23. The Morgan fingerprint density at radius 3 is 2.56 bits per heavy atom. The van der Waals surface area contributed by atoms with Crippen LogP contribution in [0.1, 0.15) is 72.1 Å². The maximum absolute atomic E-state index is 11.8. The van der Waals surface area contributed by atoms with Crippen molar-refractivity contribution in [1.29, 1.82) is 0 Å². The SMILES string of the molecule is CC(=O)c1ccc2c(c1)C1C=CCC1C(c1ccc(C(C)C)cc1)N2. The Labute approximate surface area is 150 Å². The Bertz CT molecular complexity index is 832. The zero-order chi connectivity index (χ0) is 17.6. The monoisotopic (exact) mass is 331 g/mol. The Morgan fingerprint density at radius 1 is 1.12 bits per heavy atom. The zero-order valence-electron chi connectivity index (χ0n) is 15.1. The minimum absolute atomic E-state index is 0.132. The predicted molar refractivity (Wildman–Crippen MR) is 103 cm³/mol. The van der Waals surface area contributed by atoms with Gasteiger partial charge in [0.1, 0.15) is 0 Å². The van der Waals surface area contributed by atoms with Crippen molar-refractivity contribution >= 4 is 11.5 Å². The van der Waals surface area contributed by atoms with E-state index < -0.39 is 0 Å². The van der Waals surface area contributed by atoms with Gasteiger partial charge in [0.05, 0.1) is 6.04 Å². The van der Waals surface area contributed by atoms with Gasteiger partial charge in [-0.15, -0.1) is 0 Å². The van der Waals surface area contributed by atoms with Crippen LogP contribution in [0.15, 0.2) is 54.6 Å². The van der Waals surface area contributed by atoms with Crippen molar-refractivity contribution in [3.63, 3.8) is 0 Å². The highest BCUT2D eigenvalue weighted by molar-refractivity contribution is 5.95. The molecule has 4 rings (SSSR count). The summed E-state index contributed by atoms with van der Waals surface area (Å²) < 4.78 is 0. The maximum atomic E-state index is 11.8. The lowest BCUT2D eigenvalue weighted by Crippen LogP contribution is -2.29. The predicted octanol–water partition coefficient (Wildman–Crippen LogP) is 5.84. The molecule has 1 N–H and O–H groups in total. The summed E-state index contributed by atoms with van der Waals surface area (Å²) in [4.78, 5) is 11.8. The molecule has 128 valence electrons. The molecule has 3 atom stereocenters. The van der Waals surface area contributed by atoms with Crippen LogP contribution in [0.3, 0.4) is 0 Å². The van der Waals surface area contributed by atoms with Crippen LogP contribution in [-0.4, -0.2) is 5.78 Å². The van der Waals surface area contributed by atoms with Crippen LogP contribution in [-0.2, 0) is 0 Å². The first-order valence-corrected chi connectivity index (χ1v) is 9.22. The molecule has 0 saturated heterocycles. The van der Waals surface area contributed by atoms with E-state index in [-0.39, 0.29) is 5.78 Å². The van der Waals surface area contributed by atoms with Crippen LogP contribution >= 0.6 is 0 Å². The van der Waals surface area contributed by atoms with E-state index in [0.29, 0.717) is 23.8 Å². The molecule has 1 aliphatic heterocycles. The van der Waals surface area contributed by atoms with E-state index >= 15 is 0 Å². The van der Waals surface area contributed by atoms with Gasteiger partial charge in [-0.2, -0.15) is 0 Å². The smallest absolute Gasteiger partial charge is 0.159 e. The molecule has 0 amide bonds. The summed E-state index contributed by atoms with van der Waals surface area (Å²) in [5.41, 5.74) is 5.97. The van der Waals surface area contributed by atoms with E-state index in [9.17, 15) is 4.79 Å². The fourth-order valence-electron chi connectivity index (χ4n) is 4.23. The molecule has 0 saturated carbocycles. The Balaban J connectivity index is 1.71. The number of fused-ring (bicyclic) bond motifs is 3. The van der Waals surface area contributed by atoms with Gasteiger partial charge in [0, 0.05) is 17.2 Å². The topological polar surface area (TPSA) is 29.1 Å². The van der Waals surface area contributed by atoms with Gasteiger partial charge in [-0.05, 0) is 60.1 Å². The number of Topliss-reactive ketones (excluding diaryl/α,β-unsaturated/α-hetero) is 1. The number of hydrogen-bond acceptors (Lipinski definition) is 2. The summed E-state index contributed by atoms with van der Waals surface area (Å²) in [6, 6.07) is 15.5. The van der Waals surface area contributed by atoms with Crippen LogP contribution in [0.25, 0.3) is 0 Å². The molecule has 0 fully saturated rings. The third-order valence-corrected chi connectivity index (χ3v) is 5.73. The van der Waals surface area contributed by atoms with E-state index in [1.54, 1.807) is 6.92 Å². The van der Waals surface area contributed by atoms with Gasteiger partial charge in [-0.25, -0.2) is 0 Å². The van der Waals surface area contributed by atoms with Crippen molar-refractivity contribution in [2.45, 2.75) is 45.1 Å². The number of anilines is 1. The van der Waals surface area contributed by atoms with E-state index in [0.717, 1.165) is 17.7 Å². The summed E-state index contributed by atoms with van der Waals surface area (Å²) in [5, 5.41) is 3.75. The number of benzene rings is 2. The number of ketones is 1. The standard InChI is InChI=1S/C23H25NO/c1-14(2)16-7-9-17(10-8-16)23-20-6-4-5-19(20)21-13-18(15(3)25)11-12-22(21)24-23/h4-5,7-14,19-20,23-24H,6H2,1-3H3. The quantitative estimate of drug-likeness (QED) is 0.565. The number of carbonyl (C=O) groups excluding carboxylic acids is 1. The van der Waals surface area contributed by atoms with Crippen LogP contribution in [0.2, 0.25) is 0 Å². The second-order valence-corrected chi connectivity index (χ2v) is 7.66. The van der Waals surface area contributed by atoms with Crippen LogP contribution in [0.4, 0.5) is 5.69 Å². The van der Waals surface area contributed by atoms with Gasteiger partial charge >= 0.3 is 0 Å². The largest absolute Gasteiger partial charge is 0.378 e. The normalized spacial score (nSPS) is 23.9. The molecule has 1 aliphatic carbocycles. The van der Waals surface area contributed by atoms with Crippen molar-refractivity contribution in [1.82, 2.24) is 0 Å². The average molecular weight is 331 g/mol. The van der Waals surface area contributed by atoms with Gasteiger partial charge in [-0.1, -0.05) is 50.3 Å². The lowest BCUT2D eigenvalue weighted by Gasteiger charge is -2.37. The van der Waals surface area contributed by atoms with Crippen LogP contribution in [0, 0.1) is 5.92 Å². The second kappa shape index (κ2) is 6.18. The molecule has 0 spiro atoms. The molecule has 1 heterocycles. The summed E-state index contributed by atoms with van der Waals surface area (Å²) in [7, 11) is 0. The molecule has 25 heavy (non-hydrogen) atoms. The van der Waals surface area contributed by atoms with Crippen molar-refractivity contribution < 1.29 is 4.79 Å². The average Bonchev–Trinajstić information content (AvgIpc) is 3.10. The van der Waals surface area contributed by atoms with Crippen molar-refractivity contribution in [2.24, 2.45) is 5.92 Å². The Morgan fingerprint density at radius 2 is 1.88 bits per heavy atom. The number of nitrogens with one attached hydrogen (secondary N) is 1. The summed E-state index contributed by atoms with van der Waals surface area (Å²) >= 11 is 0. The minimum Gasteiger partial charge on any atom is -0.378 e. The highest BCUT2D eigenvalue weighted by Crippen LogP contribution is 2.50. The van der Waals surface area contributed by atoms with E-state index in [1.807, 2.05) is 6.07 Å². The number of allylic oxidation sites excluding steroid dienone is 2. The fraction of sp³-hybridized carbons (Fsp3) is 0.348. The molecule has 3 unspecified atom stereocenters. The number of carbonyl (C=O) groups is 1. The van der Waals surface area contributed by atoms with Crippen molar-refractivity contribution in [3.05, 3.63) is 76.9 Å². The first kappa shape index (κ1) is 16.1. The lowest BCUT2D eigenvalue weighted by molar-refractivity contribution is 0.101. The lowest BCUT2D eigenvalue weighted by atomic mass is 9.76. The zero-order valence-corrected chi connectivity index (χ0v) is 15.1. The first-order chi connectivity index (χ1) is 12.0. The van der Waals surface area contributed by atoms with Gasteiger partial charge in [0.15, 0.2) is 5.78 Å². The summed E-state index contributed by atoms with van der Waals surface area (Å²) in [6.07, 6.45) is 5.70. The van der Waals surface area contributed by atoms with Gasteiger partial charge < -0.3 is 5.32 Å². The van der Waals surface area contributed by atoms with E-state index in [4.69, 9.17) is 0 Å². The third kappa shape index (κ3) is 2.80. The molecule has 2 aromatic carbocycles. The molecule has 0 bridgehead atoms. The number of rotatable bonds is 3. The second-order valence-electron chi connectivity index (χ2n) is 7.66. The van der Waals surface area contributed by atoms with Crippen LogP contribution in [0.5, 0.6) is 0 Å². The number of hydrogen-bond donors (Lipinski definition) is 1. The Kier molecular flexibility index (Phi) is 3.99. The molecular weight excluding hydrogens is 306 g/mol. The highest BCUT2D eigenvalue weighted by Gasteiger charge is 2.38. The van der Waals surface area contributed by atoms with Gasteiger partial charge in [0.25, 0.3) is 0 Å². The van der Waals surface area contributed by atoms with E-state index in [2.05, 4.69) is 67.7 Å². The molecule has 2 aromatic rings.